The van der Waals surface area contributed by atoms with Crippen LogP contribution in [0.25, 0.3) is 5.57 Å². The molecule has 53 heavy (non-hydrogen) atoms. The fourth-order valence-electron chi connectivity index (χ4n) is 9.36. The average Bonchev–Trinajstić information content (AvgIpc) is 3.14. The van der Waals surface area contributed by atoms with Crippen LogP contribution in [0.4, 0.5) is 5.69 Å². The molecule has 5 N–H and O–H groups in total. The Kier molecular flexibility index (Phi) is 8.53. The first kappa shape index (κ1) is 35.3. The number of sulfonamides is 1. The van der Waals surface area contributed by atoms with Crippen molar-refractivity contribution < 1.29 is 51.3 Å². The number of hydrogen-bond acceptors (Lipinski definition) is 12. The summed E-state index contributed by atoms with van der Waals surface area (Å²) in [6.45, 7) is 2.99. The van der Waals surface area contributed by atoms with Crippen LogP contribution in [-0.2, 0) is 50.6 Å². The van der Waals surface area contributed by atoms with Crippen LogP contribution in [0, 0.1) is 0 Å². The van der Waals surface area contributed by atoms with E-state index in [1.807, 2.05) is 12.1 Å². The fourth-order valence-corrected chi connectivity index (χ4v) is 11.4. The number of anilines is 1. The molecule has 3 aromatic carbocycles. The molecule has 0 radical (unpaired) electrons. The van der Waals surface area contributed by atoms with Gasteiger partial charge in [-0.15, -0.1) is 0 Å². The van der Waals surface area contributed by atoms with Gasteiger partial charge in [0.2, 0.25) is 15.4 Å². The smallest absolute Gasteiger partial charge is 0.241 e. The second-order valence-corrected chi connectivity index (χ2v) is 17.9. The van der Waals surface area contributed by atoms with Crippen LogP contribution in [0.5, 0.6) is 11.5 Å². The maximum atomic E-state index is 13.7. The van der Waals surface area contributed by atoms with E-state index in [9.17, 15) is 41.8 Å². The molecule has 14 nitrogen and oxygen atoms in total. The third-order valence-electron chi connectivity index (χ3n) is 11.7. The summed E-state index contributed by atoms with van der Waals surface area (Å²) >= 11 is 0. The van der Waals surface area contributed by atoms with Gasteiger partial charge in [0.05, 0.1) is 22.0 Å². The van der Waals surface area contributed by atoms with Crippen LogP contribution >= 0.6 is 0 Å². The van der Waals surface area contributed by atoms with Crippen LogP contribution in [-0.4, -0.2) is 105 Å². The lowest BCUT2D eigenvalue weighted by Gasteiger charge is -2.40. The highest BCUT2D eigenvalue weighted by atomic mass is 32.2. The second-order valence-electron chi connectivity index (χ2n) is 14.8. The van der Waals surface area contributed by atoms with Gasteiger partial charge in [0.1, 0.15) is 59.1 Å². The summed E-state index contributed by atoms with van der Waals surface area (Å²) in [5.74, 6) is 1.27. The van der Waals surface area contributed by atoms with Crippen LogP contribution in [0.15, 0.2) is 40.1 Å². The Morgan fingerprint density at radius 2 is 1.57 bits per heavy atom. The van der Waals surface area contributed by atoms with E-state index >= 15 is 0 Å². The Hall–Kier alpha value is -3.45. The molecule has 5 atom stereocenters. The zero-order valence-corrected chi connectivity index (χ0v) is 30.5. The van der Waals surface area contributed by atoms with E-state index in [2.05, 4.69) is 14.2 Å². The number of ether oxygens (including phenoxy) is 2. The van der Waals surface area contributed by atoms with Crippen molar-refractivity contribution in [2.75, 3.05) is 37.7 Å². The molecule has 16 heteroatoms. The molecule has 6 aliphatic rings. The number of nitrogens with one attached hydrogen (secondary N) is 1. The van der Waals surface area contributed by atoms with Gasteiger partial charge in [-0.05, 0) is 68.4 Å². The summed E-state index contributed by atoms with van der Waals surface area (Å²) in [5, 5.41) is 42.6. The predicted octanol–water partition coefficient (Wildman–Crippen LogP) is -0.896. The van der Waals surface area contributed by atoms with Crippen LogP contribution < -0.4 is 29.5 Å². The molecule has 1 fully saturated rings. The van der Waals surface area contributed by atoms with Crippen molar-refractivity contribution in [3.05, 3.63) is 74.3 Å². The van der Waals surface area contributed by atoms with E-state index in [-0.39, 0.29) is 5.56 Å². The third kappa shape index (κ3) is 5.64. The first-order chi connectivity index (χ1) is 25.4. The van der Waals surface area contributed by atoms with Gasteiger partial charge in [0.15, 0.2) is 6.29 Å². The van der Waals surface area contributed by atoms with Gasteiger partial charge >= 0.3 is 0 Å². The molecule has 6 heterocycles. The van der Waals surface area contributed by atoms with Crippen molar-refractivity contribution in [2.24, 2.45) is 0 Å². The van der Waals surface area contributed by atoms with Crippen molar-refractivity contribution in [3.8, 4) is 11.5 Å². The number of hydrogen-bond donors (Lipinski definition) is 5. The van der Waals surface area contributed by atoms with Crippen molar-refractivity contribution >= 4 is 31.4 Å². The molecule has 0 aliphatic carbocycles. The summed E-state index contributed by atoms with van der Waals surface area (Å²) in [7, 11) is -10.1. The molecular weight excluding hydrogens is 727 g/mol. The second kappa shape index (κ2) is 12.8. The van der Waals surface area contributed by atoms with Crippen molar-refractivity contribution in [2.45, 2.75) is 91.8 Å². The normalized spacial score (nSPS) is 26.3. The minimum atomic E-state index is -5.32. The Bertz CT molecular complexity index is 2410. The number of aliphatic hydroxyl groups is 4. The van der Waals surface area contributed by atoms with E-state index < -0.39 is 67.2 Å². The van der Waals surface area contributed by atoms with Gasteiger partial charge in [-0.1, -0.05) is 6.07 Å². The van der Waals surface area contributed by atoms with Crippen molar-refractivity contribution in [1.82, 2.24) is 9.30 Å². The maximum Gasteiger partial charge on any atom is 0.241 e. The van der Waals surface area contributed by atoms with Gasteiger partial charge in [0.25, 0.3) is 0 Å². The Morgan fingerprint density at radius 3 is 2.32 bits per heavy atom. The fraction of sp³-hybridized carbons (Fsp3) is 0.486. The van der Waals surface area contributed by atoms with E-state index in [0.29, 0.717) is 27.9 Å². The van der Waals surface area contributed by atoms with Crippen molar-refractivity contribution in [3.63, 3.8) is 0 Å². The van der Waals surface area contributed by atoms with Crippen LogP contribution in [0.1, 0.15) is 59.1 Å². The number of fused-ring (bicyclic) bond motifs is 4. The summed E-state index contributed by atoms with van der Waals surface area (Å²) in [4.78, 5) is 1.02. The van der Waals surface area contributed by atoms with Gasteiger partial charge in [0, 0.05) is 64.7 Å². The van der Waals surface area contributed by atoms with Gasteiger partial charge < -0.3 is 39.4 Å². The summed E-state index contributed by atoms with van der Waals surface area (Å²) in [6.07, 6.45) is -0.0208. The lowest BCUT2D eigenvalue weighted by atomic mass is 9.82. The first-order valence-corrected chi connectivity index (χ1v) is 21.1. The molecule has 1 unspecified atom stereocenters. The van der Waals surface area contributed by atoms with Crippen LogP contribution in [0.3, 0.4) is 0 Å². The monoisotopic (exact) mass is 767 g/mol. The van der Waals surface area contributed by atoms with E-state index in [0.717, 1.165) is 117 Å². The number of aliphatic hydroxyl groups excluding tert-OH is 4. The lowest BCUT2D eigenvalue weighted by Crippen LogP contribution is -2.64. The third-order valence-corrected chi connectivity index (χ3v) is 14.0. The molecule has 3 aromatic rings. The van der Waals surface area contributed by atoms with Crippen LogP contribution in [0.2, 0.25) is 0 Å². The molecule has 0 amide bonds. The molecule has 0 spiro atoms. The minimum absolute atomic E-state index is 0.0401. The quantitative estimate of drug-likeness (QED) is 0.120. The van der Waals surface area contributed by atoms with E-state index in [1.165, 1.54) is 12.1 Å². The lowest BCUT2D eigenvalue weighted by molar-refractivity contribution is -0.251. The van der Waals surface area contributed by atoms with E-state index in [1.54, 1.807) is 0 Å². The van der Waals surface area contributed by atoms with E-state index in [4.69, 9.17) is 9.47 Å². The van der Waals surface area contributed by atoms with Crippen molar-refractivity contribution in [1.29, 1.82) is 0 Å². The average molecular weight is 768 g/mol. The summed E-state index contributed by atoms with van der Waals surface area (Å²) in [6, 6.07) is 5.61. The molecule has 0 bridgehead atoms. The highest BCUT2D eigenvalue weighted by Gasteiger charge is 2.46. The standard InChI is InChI=1S/C37H41N3O11S2/c41-18-27-33(42)34(43)30(37(44)50-27)38-52(45,46)21-9-10-22(28(17-21)53(47,48)49)29-25-15-19-5-1-11-39-13-3-7-23(31(19)39)35(25)51-36-24-8-4-14-40-12-2-6-20(32(24)40)16-26(29)36/h9-10,15-17,27,30,33-34,37-38,41-44H,1-8,11-14,18H2/t27-,30-,33-,34-,37?/m0/s1. The Balaban J connectivity index is 1.27. The molecule has 9 rings (SSSR count). The highest BCUT2D eigenvalue weighted by Crippen LogP contribution is 2.49. The summed E-state index contributed by atoms with van der Waals surface area (Å²) in [5.41, 5.74) is 6.68. The highest BCUT2D eigenvalue weighted by molar-refractivity contribution is 7.89. The maximum absolute atomic E-state index is 13.7. The summed E-state index contributed by atoms with van der Waals surface area (Å²) < 4.78 is 83.7. The predicted molar refractivity (Wildman–Crippen MR) is 189 cm³/mol. The number of rotatable bonds is 6. The molecule has 282 valence electrons. The zero-order valence-electron chi connectivity index (χ0n) is 28.8. The Labute approximate surface area is 306 Å². The number of benzene rings is 3. The Morgan fingerprint density at radius 1 is 0.849 bits per heavy atom. The van der Waals surface area contributed by atoms with Gasteiger partial charge in [-0.3, -0.25) is 0 Å². The van der Waals surface area contributed by atoms with Gasteiger partial charge in [-0.25, -0.2) is 26.1 Å². The minimum Gasteiger partial charge on any atom is -0.744 e. The first-order valence-electron chi connectivity index (χ1n) is 18.2. The molecule has 6 aliphatic heterocycles. The number of nitrogens with zero attached hydrogens (tertiary/aromatic N) is 2. The van der Waals surface area contributed by atoms with Gasteiger partial charge in [-0.2, -0.15) is 0 Å². The zero-order chi connectivity index (χ0) is 37.0. The molecule has 1 saturated heterocycles. The topological polar surface area (TPSA) is 209 Å². The molecule has 0 saturated carbocycles. The number of aryl methyl sites for hydroxylation is 2. The largest absolute Gasteiger partial charge is 0.744 e. The SMILES string of the molecule is O=S(=O)([O-])c1cc(S(=O)(=O)N[C@@H]2C(O)O[C@@H](CO)[C@H](O)[C@H]2O)ccc1C1=c2cc3c4c(c2Oc2c1cc1c5c2CCCN5CCC1)CCC[N+]=4CCC3. The molecular formula is C37H41N3O11S2. The molecule has 0 aromatic heterocycles.